The van der Waals surface area contributed by atoms with Gasteiger partial charge in [-0.25, -0.2) is 0 Å². The second kappa shape index (κ2) is 67.6. The van der Waals surface area contributed by atoms with Crippen LogP contribution >= 0.6 is 7.82 Å². The summed E-state index contributed by atoms with van der Waals surface area (Å²) in [6.45, 7) is 4.73. The van der Waals surface area contributed by atoms with Gasteiger partial charge in [-0.2, -0.15) is 0 Å². The number of allylic oxidation sites excluding steroid dienone is 1. The van der Waals surface area contributed by atoms with E-state index in [1.807, 2.05) is 27.2 Å². The highest BCUT2D eigenvalue weighted by atomic mass is 31.2. The molecular formula is C76H153N2O6P. The van der Waals surface area contributed by atoms with Crippen molar-refractivity contribution in [3.05, 3.63) is 12.2 Å². The van der Waals surface area contributed by atoms with Gasteiger partial charge in [0.25, 0.3) is 7.82 Å². The molecule has 0 bridgehead atoms. The lowest BCUT2D eigenvalue weighted by Gasteiger charge is -2.29. The third-order valence-corrected chi connectivity index (χ3v) is 19.2. The van der Waals surface area contributed by atoms with E-state index in [0.29, 0.717) is 17.4 Å². The van der Waals surface area contributed by atoms with Crippen LogP contribution in [0.4, 0.5) is 0 Å². The molecule has 0 heterocycles. The number of phosphoric acid groups is 1. The maximum absolute atomic E-state index is 13.0. The van der Waals surface area contributed by atoms with Crippen LogP contribution in [0.15, 0.2) is 12.2 Å². The van der Waals surface area contributed by atoms with Crippen LogP contribution in [0.1, 0.15) is 418 Å². The van der Waals surface area contributed by atoms with Crippen molar-refractivity contribution >= 4 is 13.7 Å². The molecule has 0 fully saturated rings. The minimum Gasteiger partial charge on any atom is -0.756 e. The molecule has 508 valence electrons. The van der Waals surface area contributed by atoms with Crippen molar-refractivity contribution in [2.24, 2.45) is 0 Å². The van der Waals surface area contributed by atoms with Gasteiger partial charge in [0.05, 0.1) is 39.9 Å². The van der Waals surface area contributed by atoms with Crippen LogP contribution in [0.5, 0.6) is 0 Å². The Labute approximate surface area is 532 Å². The highest BCUT2D eigenvalue weighted by Crippen LogP contribution is 2.38. The fourth-order valence-corrected chi connectivity index (χ4v) is 13.0. The second-order valence-electron chi connectivity index (χ2n) is 28.1. The number of aliphatic hydroxyl groups is 1. The van der Waals surface area contributed by atoms with Crippen molar-refractivity contribution in [3.63, 3.8) is 0 Å². The van der Waals surface area contributed by atoms with Gasteiger partial charge >= 0.3 is 0 Å². The second-order valence-corrected chi connectivity index (χ2v) is 29.5. The summed E-state index contributed by atoms with van der Waals surface area (Å²) in [6, 6.07) is -0.884. The number of rotatable bonds is 73. The van der Waals surface area contributed by atoms with E-state index in [0.717, 1.165) is 38.5 Å². The molecule has 9 heteroatoms. The van der Waals surface area contributed by atoms with E-state index < -0.39 is 20.0 Å². The van der Waals surface area contributed by atoms with Gasteiger partial charge in [-0.15, -0.1) is 0 Å². The number of carbonyl (C=O) groups excluding carboxylic acids is 1. The predicted octanol–water partition coefficient (Wildman–Crippen LogP) is 24.2. The number of nitrogens with zero attached hydrogens (tertiary/aromatic N) is 1. The molecule has 3 atom stereocenters. The molecule has 2 N–H and O–H groups in total. The minimum absolute atomic E-state index is 0.00302. The summed E-state index contributed by atoms with van der Waals surface area (Å²) in [5.41, 5.74) is 0. The molecule has 0 saturated carbocycles. The summed E-state index contributed by atoms with van der Waals surface area (Å²) < 4.78 is 23.5. The summed E-state index contributed by atoms with van der Waals surface area (Å²) in [4.78, 5) is 25.6. The van der Waals surface area contributed by atoms with Crippen LogP contribution in [0.25, 0.3) is 0 Å². The molecule has 3 unspecified atom stereocenters. The van der Waals surface area contributed by atoms with Gasteiger partial charge in [0, 0.05) is 6.42 Å². The first kappa shape index (κ1) is 84.2. The zero-order chi connectivity index (χ0) is 61.9. The molecule has 0 radical (unpaired) electrons. The van der Waals surface area contributed by atoms with Gasteiger partial charge in [0.1, 0.15) is 13.2 Å². The molecule has 1 amide bonds. The molecule has 0 aromatic carbocycles. The zero-order valence-corrected chi connectivity index (χ0v) is 59.3. The zero-order valence-electron chi connectivity index (χ0n) is 58.4. The molecule has 0 aliphatic carbocycles. The summed E-state index contributed by atoms with van der Waals surface area (Å²) in [5, 5.41) is 14.0. The molecule has 0 spiro atoms. The number of nitrogens with one attached hydrogen (secondary N) is 1. The molecule has 0 aromatic heterocycles. The molecule has 0 rings (SSSR count). The van der Waals surface area contributed by atoms with Crippen molar-refractivity contribution in [1.82, 2.24) is 5.32 Å². The van der Waals surface area contributed by atoms with Gasteiger partial charge in [0.2, 0.25) is 5.91 Å². The Morgan fingerprint density at radius 3 is 0.882 bits per heavy atom. The number of quaternary nitrogens is 1. The van der Waals surface area contributed by atoms with Crippen LogP contribution in [0.3, 0.4) is 0 Å². The predicted molar refractivity (Wildman–Crippen MR) is 372 cm³/mol. The molecule has 8 nitrogen and oxygen atoms in total. The molecular weight excluding hydrogens is 1070 g/mol. The van der Waals surface area contributed by atoms with E-state index in [4.69, 9.17) is 9.05 Å². The molecule has 0 aliphatic heterocycles. The third kappa shape index (κ3) is 70.6. The third-order valence-electron chi connectivity index (χ3n) is 18.2. The van der Waals surface area contributed by atoms with E-state index in [9.17, 15) is 19.4 Å². The average Bonchev–Trinajstić information content (AvgIpc) is 3.52. The van der Waals surface area contributed by atoms with Crippen molar-refractivity contribution in [2.75, 3.05) is 40.9 Å². The fourth-order valence-electron chi connectivity index (χ4n) is 12.3. The van der Waals surface area contributed by atoms with Crippen molar-refractivity contribution < 1.29 is 32.9 Å². The Bertz CT molecular complexity index is 1390. The van der Waals surface area contributed by atoms with Crippen LogP contribution in [0.2, 0.25) is 0 Å². The fraction of sp³-hybridized carbons (Fsp3) is 0.961. The van der Waals surface area contributed by atoms with Crippen LogP contribution in [-0.2, 0) is 18.4 Å². The van der Waals surface area contributed by atoms with Crippen LogP contribution < -0.4 is 10.2 Å². The van der Waals surface area contributed by atoms with Crippen molar-refractivity contribution in [1.29, 1.82) is 0 Å². The van der Waals surface area contributed by atoms with E-state index in [-0.39, 0.29) is 19.1 Å². The number of unbranched alkanes of at least 4 members (excludes halogenated alkanes) is 60. The first-order valence-corrected chi connectivity index (χ1v) is 40.0. The van der Waals surface area contributed by atoms with Crippen molar-refractivity contribution in [3.8, 4) is 0 Å². The SMILES string of the molecule is CCCCCCCCCCCCCCCCCCCCCC/C=C/C(O)C(COP(=O)([O-])OCC[N+](C)(C)C)NC(=O)CCCCCCCCCCCCCCCCCCCCCCCCCCCCCCCCCCCCCCCCCCC. The normalized spacial score (nSPS) is 13.5. The smallest absolute Gasteiger partial charge is 0.268 e. The Morgan fingerprint density at radius 2 is 0.635 bits per heavy atom. The lowest BCUT2D eigenvalue weighted by atomic mass is 10.0. The summed E-state index contributed by atoms with van der Waals surface area (Å²) in [6.07, 6.45) is 88.1. The Kier molecular flexibility index (Phi) is 67.0. The lowest BCUT2D eigenvalue weighted by Crippen LogP contribution is -2.45. The van der Waals surface area contributed by atoms with Gasteiger partial charge in [-0.1, -0.05) is 405 Å². The highest BCUT2D eigenvalue weighted by molar-refractivity contribution is 7.45. The van der Waals surface area contributed by atoms with E-state index in [2.05, 4.69) is 19.2 Å². The number of hydrogen-bond acceptors (Lipinski definition) is 6. The van der Waals surface area contributed by atoms with Gasteiger partial charge in [0.15, 0.2) is 0 Å². The van der Waals surface area contributed by atoms with E-state index >= 15 is 0 Å². The van der Waals surface area contributed by atoms with Gasteiger partial charge in [-0.3, -0.25) is 9.36 Å². The Morgan fingerprint density at radius 1 is 0.400 bits per heavy atom. The highest BCUT2D eigenvalue weighted by Gasteiger charge is 2.23. The molecule has 0 saturated heterocycles. The maximum Gasteiger partial charge on any atom is 0.268 e. The summed E-state index contributed by atoms with van der Waals surface area (Å²) >= 11 is 0. The number of hydrogen-bond donors (Lipinski definition) is 2. The quantitative estimate of drug-likeness (QED) is 0.0272. The van der Waals surface area contributed by atoms with Crippen LogP contribution in [-0.4, -0.2) is 68.5 Å². The van der Waals surface area contributed by atoms with Gasteiger partial charge in [-0.05, 0) is 19.3 Å². The maximum atomic E-state index is 13.0. The topological polar surface area (TPSA) is 108 Å². The molecule has 85 heavy (non-hydrogen) atoms. The summed E-state index contributed by atoms with van der Waals surface area (Å²) in [7, 11) is 1.29. The first-order chi connectivity index (χ1) is 41.5. The van der Waals surface area contributed by atoms with E-state index in [1.165, 1.54) is 360 Å². The Hall–Kier alpha value is -0.760. The van der Waals surface area contributed by atoms with Crippen molar-refractivity contribution in [2.45, 2.75) is 431 Å². The minimum atomic E-state index is -4.60. The number of carbonyl (C=O) groups is 1. The number of amides is 1. The molecule has 0 aliphatic rings. The standard InChI is InChI=1S/C76H153N2O6P/c1-6-8-10-12-14-16-18-20-22-24-26-28-30-31-32-33-34-35-36-37-38-39-40-41-42-43-44-45-46-47-48-50-52-54-56-58-60-62-64-66-68-70-76(80)77-74(73-84-85(81,82)83-72-71-78(3,4)5)75(79)69-67-65-63-61-59-57-55-53-51-49-29-27-25-23-21-19-17-15-13-11-9-7-2/h67,69,74-75,79H,6-66,68,70-73H2,1-5H3,(H-,77,80,81,82)/b69-67+. The van der Waals surface area contributed by atoms with Crippen LogP contribution in [0, 0.1) is 0 Å². The van der Waals surface area contributed by atoms with Gasteiger partial charge < -0.3 is 28.8 Å². The number of likely N-dealkylation sites (N-methyl/N-ethyl adjacent to an activating group) is 1. The lowest BCUT2D eigenvalue weighted by molar-refractivity contribution is -0.870. The monoisotopic (exact) mass is 1220 g/mol. The average molecular weight is 1220 g/mol. The Balaban J connectivity index is 3.86. The molecule has 0 aromatic rings. The largest absolute Gasteiger partial charge is 0.756 e. The first-order valence-electron chi connectivity index (χ1n) is 38.6. The summed E-state index contributed by atoms with van der Waals surface area (Å²) in [5.74, 6) is -0.186. The number of phosphoric ester groups is 1. The number of aliphatic hydroxyl groups excluding tert-OH is 1. The van der Waals surface area contributed by atoms with E-state index in [1.54, 1.807) is 6.08 Å².